The molecule has 0 fully saturated rings. The zero-order valence-corrected chi connectivity index (χ0v) is 17.3. The van der Waals surface area contributed by atoms with E-state index in [9.17, 15) is 9.59 Å². The second-order valence-corrected chi connectivity index (χ2v) is 6.60. The molecule has 0 saturated heterocycles. The maximum Gasteiger partial charge on any atom is 0.330 e. The van der Waals surface area contributed by atoms with Crippen molar-refractivity contribution >= 4 is 11.9 Å². The van der Waals surface area contributed by atoms with Gasteiger partial charge in [-0.05, 0) is 67.6 Å². The lowest BCUT2D eigenvalue weighted by atomic mass is 10.1. The molecule has 0 saturated carbocycles. The summed E-state index contributed by atoms with van der Waals surface area (Å²) in [4.78, 5) is 23.0. The number of methoxy groups -OCH3 is 1. The summed E-state index contributed by atoms with van der Waals surface area (Å²) >= 11 is 0. The molecule has 0 amide bonds. The van der Waals surface area contributed by atoms with Gasteiger partial charge in [0.1, 0.15) is 17.2 Å². The number of benzene rings is 2. The zero-order chi connectivity index (χ0) is 21.6. The third-order valence-electron chi connectivity index (χ3n) is 4.28. The molecule has 2 aromatic carbocycles. The van der Waals surface area contributed by atoms with Crippen LogP contribution in [0.4, 0.5) is 0 Å². The standard InChI is InChI=1S/C24H28O6/c1-3-23(25)29-17-7-5-4-6-16-28-21-10-8-19(9-11-21)18-24(26)30-22-14-12-20(27-2)13-15-22/h3,8-15H,1,4-7,16-18H2,2H3. The summed E-state index contributed by atoms with van der Waals surface area (Å²) < 4.78 is 21.0. The van der Waals surface area contributed by atoms with Crippen molar-refractivity contribution in [2.24, 2.45) is 0 Å². The van der Waals surface area contributed by atoms with Gasteiger partial charge in [0.2, 0.25) is 0 Å². The van der Waals surface area contributed by atoms with Gasteiger partial charge in [-0.2, -0.15) is 0 Å². The van der Waals surface area contributed by atoms with E-state index in [4.69, 9.17) is 18.9 Å². The Kier molecular flexibility index (Phi) is 10.00. The molecule has 0 unspecified atom stereocenters. The van der Waals surface area contributed by atoms with Gasteiger partial charge >= 0.3 is 11.9 Å². The van der Waals surface area contributed by atoms with Crippen LogP contribution in [0.3, 0.4) is 0 Å². The van der Waals surface area contributed by atoms with Gasteiger partial charge in [0, 0.05) is 6.08 Å². The molecule has 0 aliphatic rings. The first-order valence-corrected chi connectivity index (χ1v) is 9.96. The van der Waals surface area contributed by atoms with Crippen LogP contribution in [0.2, 0.25) is 0 Å². The molecule has 6 heteroatoms. The van der Waals surface area contributed by atoms with Crippen molar-refractivity contribution in [3.05, 3.63) is 66.7 Å². The first-order valence-electron chi connectivity index (χ1n) is 9.96. The molecule has 0 N–H and O–H groups in total. The lowest BCUT2D eigenvalue weighted by Crippen LogP contribution is -2.11. The number of hydrogen-bond acceptors (Lipinski definition) is 6. The third kappa shape index (κ3) is 8.82. The Morgan fingerprint density at radius 3 is 2.07 bits per heavy atom. The third-order valence-corrected chi connectivity index (χ3v) is 4.28. The highest BCUT2D eigenvalue weighted by Gasteiger charge is 2.07. The van der Waals surface area contributed by atoms with E-state index in [-0.39, 0.29) is 18.4 Å². The number of carbonyl (C=O) groups is 2. The lowest BCUT2D eigenvalue weighted by Gasteiger charge is -2.08. The largest absolute Gasteiger partial charge is 0.497 e. The number of unbranched alkanes of at least 4 members (excludes halogenated alkanes) is 3. The van der Waals surface area contributed by atoms with E-state index in [0.29, 0.717) is 24.7 Å². The van der Waals surface area contributed by atoms with E-state index < -0.39 is 0 Å². The van der Waals surface area contributed by atoms with Crippen molar-refractivity contribution in [3.63, 3.8) is 0 Å². The summed E-state index contributed by atoms with van der Waals surface area (Å²) in [5.74, 6) is 1.25. The smallest absolute Gasteiger partial charge is 0.330 e. The summed E-state index contributed by atoms with van der Waals surface area (Å²) in [7, 11) is 1.58. The van der Waals surface area contributed by atoms with Gasteiger partial charge in [-0.3, -0.25) is 4.79 Å². The first-order chi connectivity index (χ1) is 14.6. The van der Waals surface area contributed by atoms with Gasteiger partial charge in [0.15, 0.2) is 0 Å². The van der Waals surface area contributed by atoms with Crippen LogP contribution >= 0.6 is 0 Å². The average Bonchev–Trinajstić information content (AvgIpc) is 2.77. The Morgan fingerprint density at radius 1 is 0.833 bits per heavy atom. The topological polar surface area (TPSA) is 71.1 Å². The molecule has 0 spiro atoms. The van der Waals surface area contributed by atoms with Gasteiger partial charge in [-0.25, -0.2) is 4.79 Å². The van der Waals surface area contributed by atoms with Crippen LogP contribution in [0, 0.1) is 0 Å². The molecule has 160 valence electrons. The molecule has 2 rings (SSSR count). The fraction of sp³-hybridized carbons (Fsp3) is 0.333. The van der Waals surface area contributed by atoms with E-state index in [1.165, 1.54) is 6.08 Å². The fourth-order valence-corrected chi connectivity index (χ4v) is 2.66. The van der Waals surface area contributed by atoms with E-state index in [1.54, 1.807) is 31.4 Å². The minimum atomic E-state index is -0.379. The van der Waals surface area contributed by atoms with Crippen LogP contribution in [-0.4, -0.2) is 32.3 Å². The molecule has 6 nitrogen and oxygen atoms in total. The summed E-state index contributed by atoms with van der Waals surface area (Å²) in [6.45, 7) is 4.39. The Bertz CT molecular complexity index is 795. The molecule has 0 aliphatic carbocycles. The number of rotatable bonds is 13. The molecule has 2 aromatic rings. The van der Waals surface area contributed by atoms with E-state index in [1.807, 2.05) is 24.3 Å². The first kappa shape index (κ1) is 23.0. The quantitative estimate of drug-likeness (QED) is 0.209. The highest BCUT2D eigenvalue weighted by atomic mass is 16.5. The molecule has 0 aromatic heterocycles. The maximum absolute atomic E-state index is 12.1. The zero-order valence-electron chi connectivity index (χ0n) is 17.3. The molecule has 0 heterocycles. The summed E-state index contributed by atoms with van der Waals surface area (Å²) in [5.41, 5.74) is 0.856. The SMILES string of the molecule is C=CC(=O)OCCCCCCOc1ccc(CC(=O)Oc2ccc(OC)cc2)cc1. The Labute approximate surface area is 177 Å². The van der Waals surface area contributed by atoms with E-state index in [2.05, 4.69) is 6.58 Å². The maximum atomic E-state index is 12.1. The predicted molar refractivity (Wildman–Crippen MR) is 114 cm³/mol. The Hall–Kier alpha value is -3.28. The predicted octanol–water partition coefficient (Wildman–Crippen LogP) is 4.51. The number of ether oxygens (including phenoxy) is 4. The molecule has 0 radical (unpaired) electrons. The lowest BCUT2D eigenvalue weighted by molar-refractivity contribution is -0.138. The van der Waals surface area contributed by atoms with Crippen molar-refractivity contribution < 1.29 is 28.5 Å². The number of hydrogen-bond donors (Lipinski definition) is 0. The van der Waals surface area contributed by atoms with Gasteiger partial charge in [-0.15, -0.1) is 0 Å². The van der Waals surface area contributed by atoms with Crippen molar-refractivity contribution in [1.82, 2.24) is 0 Å². The van der Waals surface area contributed by atoms with Gasteiger partial charge in [-0.1, -0.05) is 18.7 Å². The normalized spacial score (nSPS) is 10.2. The molecule has 0 atom stereocenters. The van der Waals surface area contributed by atoms with Crippen LogP contribution in [0.25, 0.3) is 0 Å². The highest BCUT2D eigenvalue weighted by Crippen LogP contribution is 2.18. The number of carbonyl (C=O) groups excluding carboxylic acids is 2. The van der Waals surface area contributed by atoms with E-state index >= 15 is 0 Å². The van der Waals surface area contributed by atoms with Gasteiger partial charge in [0.25, 0.3) is 0 Å². The fourth-order valence-electron chi connectivity index (χ4n) is 2.66. The van der Waals surface area contributed by atoms with Crippen LogP contribution in [0.1, 0.15) is 31.2 Å². The summed E-state index contributed by atoms with van der Waals surface area (Å²) in [5, 5.41) is 0. The van der Waals surface area contributed by atoms with E-state index in [0.717, 1.165) is 37.0 Å². The van der Waals surface area contributed by atoms with Crippen molar-refractivity contribution in [3.8, 4) is 17.2 Å². The molecular weight excluding hydrogens is 384 g/mol. The minimum absolute atomic E-state index is 0.183. The van der Waals surface area contributed by atoms with Crippen LogP contribution in [0.5, 0.6) is 17.2 Å². The minimum Gasteiger partial charge on any atom is -0.497 e. The monoisotopic (exact) mass is 412 g/mol. The second kappa shape index (κ2) is 13.0. The van der Waals surface area contributed by atoms with Gasteiger partial charge in [0.05, 0.1) is 26.7 Å². The molecular formula is C24H28O6. The number of esters is 2. The Balaban J connectivity index is 1.61. The van der Waals surface area contributed by atoms with Crippen molar-refractivity contribution in [1.29, 1.82) is 0 Å². The summed E-state index contributed by atoms with van der Waals surface area (Å²) in [6.07, 6.45) is 5.09. The molecule has 0 bridgehead atoms. The molecule has 30 heavy (non-hydrogen) atoms. The average molecular weight is 412 g/mol. The van der Waals surface area contributed by atoms with Crippen molar-refractivity contribution in [2.75, 3.05) is 20.3 Å². The van der Waals surface area contributed by atoms with Crippen LogP contribution in [0.15, 0.2) is 61.2 Å². The van der Waals surface area contributed by atoms with Crippen LogP contribution in [-0.2, 0) is 20.7 Å². The van der Waals surface area contributed by atoms with Crippen molar-refractivity contribution in [2.45, 2.75) is 32.1 Å². The van der Waals surface area contributed by atoms with Gasteiger partial charge < -0.3 is 18.9 Å². The second-order valence-electron chi connectivity index (χ2n) is 6.60. The van der Waals surface area contributed by atoms with Crippen LogP contribution < -0.4 is 14.2 Å². The highest BCUT2D eigenvalue weighted by molar-refractivity contribution is 5.81. The Morgan fingerprint density at radius 2 is 1.43 bits per heavy atom. The molecule has 0 aliphatic heterocycles. The summed E-state index contributed by atoms with van der Waals surface area (Å²) in [6, 6.07) is 14.3.